The van der Waals surface area contributed by atoms with Gasteiger partial charge in [-0.05, 0) is 54.6 Å². The molecule has 0 saturated heterocycles. The standard InChI is InChI=1S/C22H17FN4OS/c1-14-12-15-6-2-3-9-18(15)26(14)22(28)20-24-21(19-10-5-11-29-19)27(25-20)17-8-4-7-16(23)13-17/h2-11,13-14H,12H2,1H3. The Kier molecular flexibility index (Phi) is 4.24. The number of thiophene rings is 1. The van der Waals surface area contributed by atoms with Gasteiger partial charge in [0.2, 0.25) is 5.82 Å². The predicted octanol–water partition coefficient (Wildman–Crippen LogP) is 4.73. The molecule has 0 radical (unpaired) electrons. The van der Waals surface area contributed by atoms with Crippen molar-refractivity contribution >= 4 is 22.9 Å². The van der Waals surface area contributed by atoms with E-state index in [2.05, 4.69) is 10.1 Å². The summed E-state index contributed by atoms with van der Waals surface area (Å²) in [6, 6.07) is 17.8. The zero-order valence-corrected chi connectivity index (χ0v) is 16.4. The van der Waals surface area contributed by atoms with Gasteiger partial charge in [-0.15, -0.1) is 16.4 Å². The molecule has 3 heterocycles. The summed E-state index contributed by atoms with van der Waals surface area (Å²) in [5.41, 5.74) is 2.55. The van der Waals surface area contributed by atoms with Crippen LogP contribution < -0.4 is 4.90 Å². The minimum atomic E-state index is -0.370. The maximum Gasteiger partial charge on any atom is 0.298 e. The molecule has 0 aliphatic carbocycles. The Morgan fingerprint density at radius 1 is 1.14 bits per heavy atom. The van der Waals surface area contributed by atoms with E-state index >= 15 is 0 Å². The maximum atomic E-state index is 13.8. The molecule has 0 fully saturated rings. The topological polar surface area (TPSA) is 51.0 Å². The van der Waals surface area contributed by atoms with Crippen molar-refractivity contribution < 1.29 is 9.18 Å². The monoisotopic (exact) mass is 404 g/mol. The minimum Gasteiger partial charge on any atom is -0.302 e. The molecule has 4 aromatic rings. The average Bonchev–Trinajstić information content (AvgIpc) is 3.44. The number of anilines is 1. The van der Waals surface area contributed by atoms with E-state index in [1.54, 1.807) is 17.0 Å². The summed E-state index contributed by atoms with van der Waals surface area (Å²) in [6.45, 7) is 2.02. The van der Waals surface area contributed by atoms with Gasteiger partial charge in [-0.3, -0.25) is 4.79 Å². The Hall–Kier alpha value is -3.32. The highest BCUT2D eigenvalue weighted by Crippen LogP contribution is 2.33. The number of hydrogen-bond acceptors (Lipinski definition) is 4. The summed E-state index contributed by atoms with van der Waals surface area (Å²) in [7, 11) is 0. The normalized spacial score (nSPS) is 15.5. The lowest BCUT2D eigenvalue weighted by molar-refractivity contribution is 0.0971. The van der Waals surface area contributed by atoms with E-state index in [4.69, 9.17) is 0 Å². The number of fused-ring (bicyclic) bond motifs is 1. The number of carbonyl (C=O) groups excluding carboxylic acids is 1. The molecule has 0 N–H and O–H groups in total. The quantitative estimate of drug-likeness (QED) is 0.496. The van der Waals surface area contributed by atoms with Gasteiger partial charge in [0, 0.05) is 11.7 Å². The van der Waals surface area contributed by atoms with E-state index in [0.29, 0.717) is 11.5 Å². The molecule has 5 nitrogen and oxygen atoms in total. The van der Waals surface area contributed by atoms with Gasteiger partial charge in [0.05, 0.1) is 10.6 Å². The molecule has 1 aliphatic rings. The first-order chi connectivity index (χ1) is 14.1. The molecule has 1 amide bonds. The van der Waals surface area contributed by atoms with E-state index in [1.165, 1.54) is 28.2 Å². The number of carbonyl (C=O) groups is 1. The Morgan fingerprint density at radius 2 is 2.00 bits per heavy atom. The number of nitrogens with zero attached hydrogens (tertiary/aromatic N) is 4. The van der Waals surface area contributed by atoms with Gasteiger partial charge in [-0.2, -0.15) is 0 Å². The Bertz CT molecular complexity index is 1200. The van der Waals surface area contributed by atoms with Crippen LogP contribution in [0.25, 0.3) is 16.4 Å². The van der Waals surface area contributed by atoms with Gasteiger partial charge < -0.3 is 4.90 Å². The molecule has 0 spiro atoms. The lowest BCUT2D eigenvalue weighted by Gasteiger charge is -2.20. The van der Waals surface area contributed by atoms with E-state index in [1.807, 2.05) is 48.7 Å². The summed E-state index contributed by atoms with van der Waals surface area (Å²) < 4.78 is 15.4. The van der Waals surface area contributed by atoms with Crippen LogP contribution in [0.1, 0.15) is 23.1 Å². The van der Waals surface area contributed by atoms with Crippen LogP contribution in [0.5, 0.6) is 0 Å². The Labute approximate surface area is 171 Å². The third kappa shape index (κ3) is 3.03. The number of rotatable bonds is 3. The van der Waals surface area contributed by atoms with E-state index in [9.17, 15) is 9.18 Å². The van der Waals surface area contributed by atoms with Crippen molar-refractivity contribution in [3.63, 3.8) is 0 Å². The van der Waals surface area contributed by atoms with Crippen molar-refractivity contribution in [2.24, 2.45) is 0 Å². The molecule has 5 rings (SSSR count). The first-order valence-corrected chi connectivity index (χ1v) is 10.2. The third-order valence-corrected chi connectivity index (χ3v) is 5.88. The Morgan fingerprint density at radius 3 is 2.79 bits per heavy atom. The van der Waals surface area contributed by atoms with Gasteiger partial charge in [-0.1, -0.05) is 30.3 Å². The van der Waals surface area contributed by atoms with Crippen molar-refractivity contribution in [2.75, 3.05) is 4.90 Å². The van der Waals surface area contributed by atoms with Crippen molar-refractivity contribution in [1.29, 1.82) is 0 Å². The zero-order chi connectivity index (χ0) is 20.0. The van der Waals surface area contributed by atoms with E-state index in [-0.39, 0.29) is 23.6 Å². The molecule has 1 aliphatic heterocycles. The van der Waals surface area contributed by atoms with Crippen LogP contribution >= 0.6 is 11.3 Å². The summed E-state index contributed by atoms with van der Waals surface area (Å²) in [5, 5.41) is 6.41. The summed E-state index contributed by atoms with van der Waals surface area (Å²) >= 11 is 1.49. The second-order valence-corrected chi connectivity index (χ2v) is 7.93. The molecule has 1 atom stereocenters. The molecule has 7 heteroatoms. The van der Waals surface area contributed by atoms with Crippen molar-refractivity contribution in [2.45, 2.75) is 19.4 Å². The first kappa shape index (κ1) is 17.8. The van der Waals surface area contributed by atoms with Gasteiger partial charge in [-0.25, -0.2) is 14.1 Å². The van der Waals surface area contributed by atoms with Crippen molar-refractivity contribution in [3.8, 4) is 16.4 Å². The summed E-state index contributed by atoms with van der Waals surface area (Å²) in [5.74, 6) is -0.00388. The summed E-state index contributed by atoms with van der Waals surface area (Å²) in [6.07, 6.45) is 0.796. The number of para-hydroxylation sites is 1. The van der Waals surface area contributed by atoms with Crippen LogP contribution in [0, 0.1) is 5.82 Å². The highest BCUT2D eigenvalue weighted by Gasteiger charge is 2.34. The van der Waals surface area contributed by atoms with Crippen LogP contribution in [-0.2, 0) is 6.42 Å². The molecule has 144 valence electrons. The van der Waals surface area contributed by atoms with E-state index in [0.717, 1.165) is 22.5 Å². The lowest BCUT2D eigenvalue weighted by Crippen LogP contribution is -2.36. The molecular formula is C22H17FN4OS. The van der Waals surface area contributed by atoms with Gasteiger partial charge in [0.15, 0.2) is 5.82 Å². The fourth-order valence-electron chi connectivity index (χ4n) is 3.74. The van der Waals surface area contributed by atoms with Crippen LogP contribution in [0.4, 0.5) is 10.1 Å². The fraction of sp³-hybridized carbons (Fsp3) is 0.136. The van der Waals surface area contributed by atoms with Crippen LogP contribution in [0.3, 0.4) is 0 Å². The number of benzene rings is 2. The van der Waals surface area contributed by atoms with Gasteiger partial charge >= 0.3 is 0 Å². The van der Waals surface area contributed by atoms with Crippen LogP contribution in [0.2, 0.25) is 0 Å². The van der Waals surface area contributed by atoms with Crippen molar-refractivity contribution in [3.05, 3.63) is 83.2 Å². The third-order valence-electron chi connectivity index (χ3n) is 5.02. The van der Waals surface area contributed by atoms with Gasteiger partial charge in [0.1, 0.15) is 5.82 Å². The SMILES string of the molecule is CC1Cc2ccccc2N1C(=O)c1nc(-c2cccs2)n(-c2cccc(F)c2)n1. The number of aromatic nitrogens is 3. The molecule has 29 heavy (non-hydrogen) atoms. The minimum absolute atomic E-state index is 0.0196. The van der Waals surface area contributed by atoms with Gasteiger partial charge in [0.25, 0.3) is 5.91 Å². The molecule has 2 aromatic carbocycles. The molecule has 0 bridgehead atoms. The smallest absolute Gasteiger partial charge is 0.298 e. The van der Waals surface area contributed by atoms with E-state index < -0.39 is 0 Å². The summed E-state index contributed by atoms with van der Waals surface area (Å²) in [4.78, 5) is 20.5. The number of halogens is 1. The average molecular weight is 404 g/mol. The highest BCUT2D eigenvalue weighted by atomic mass is 32.1. The predicted molar refractivity (Wildman–Crippen MR) is 111 cm³/mol. The first-order valence-electron chi connectivity index (χ1n) is 9.30. The highest BCUT2D eigenvalue weighted by molar-refractivity contribution is 7.13. The van der Waals surface area contributed by atoms with Crippen LogP contribution in [-0.4, -0.2) is 26.7 Å². The van der Waals surface area contributed by atoms with Crippen LogP contribution in [0.15, 0.2) is 66.0 Å². The number of amides is 1. The molecule has 0 saturated carbocycles. The fourth-order valence-corrected chi connectivity index (χ4v) is 4.44. The molecule has 2 aromatic heterocycles. The number of hydrogen-bond donors (Lipinski definition) is 0. The molecule has 1 unspecified atom stereocenters. The zero-order valence-electron chi connectivity index (χ0n) is 15.6. The Balaban J connectivity index is 1.61. The second kappa shape index (κ2) is 6.93. The second-order valence-electron chi connectivity index (χ2n) is 6.99. The molecular weight excluding hydrogens is 387 g/mol. The largest absolute Gasteiger partial charge is 0.302 e. The lowest BCUT2D eigenvalue weighted by atomic mass is 10.1. The van der Waals surface area contributed by atoms with Crippen molar-refractivity contribution in [1.82, 2.24) is 14.8 Å². The maximum absolute atomic E-state index is 13.8.